The maximum atomic E-state index is 5.70. The van der Waals surface area contributed by atoms with Gasteiger partial charge in [0.1, 0.15) is 5.75 Å². The van der Waals surface area contributed by atoms with E-state index in [0.29, 0.717) is 0 Å². The average molecular weight is 275 g/mol. The maximum absolute atomic E-state index is 5.70. The Morgan fingerprint density at radius 3 is 3.16 bits per heavy atom. The van der Waals surface area contributed by atoms with Crippen LogP contribution in [-0.4, -0.2) is 11.6 Å². The normalized spacial score (nSPS) is 15.1. The number of aromatic nitrogens is 1. The van der Waals surface area contributed by atoms with Crippen LogP contribution in [0, 0.1) is 6.92 Å². The summed E-state index contributed by atoms with van der Waals surface area (Å²) in [5.41, 5.74) is 6.43. The largest absolute Gasteiger partial charge is 0.493 e. The average Bonchev–Trinajstić information content (AvgIpc) is 3.03. The molecule has 5 heteroatoms. The van der Waals surface area contributed by atoms with Gasteiger partial charge >= 0.3 is 0 Å². The van der Waals surface area contributed by atoms with Gasteiger partial charge < -0.3 is 4.74 Å². The van der Waals surface area contributed by atoms with Crippen LogP contribution in [0.15, 0.2) is 23.6 Å². The number of nitrogens with two attached hydrogens (primary N) is 1. The molecule has 0 amide bonds. The Morgan fingerprint density at radius 2 is 2.42 bits per heavy atom. The van der Waals surface area contributed by atoms with E-state index in [1.807, 2.05) is 13.0 Å². The first kappa shape index (κ1) is 12.6. The molecule has 1 aliphatic heterocycles. The molecule has 0 bridgehead atoms. The van der Waals surface area contributed by atoms with E-state index < -0.39 is 0 Å². The first-order valence-corrected chi connectivity index (χ1v) is 7.27. The predicted octanol–water partition coefficient (Wildman–Crippen LogP) is 2.13. The molecule has 2 heterocycles. The molecule has 0 saturated heterocycles. The molecule has 1 aromatic heterocycles. The van der Waals surface area contributed by atoms with Crippen molar-refractivity contribution in [2.45, 2.75) is 25.8 Å². The second-order valence-corrected chi connectivity index (χ2v) is 5.71. The summed E-state index contributed by atoms with van der Waals surface area (Å²) in [7, 11) is 0. The fourth-order valence-corrected chi connectivity index (χ4v) is 3.19. The predicted molar refractivity (Wildman–Crippen MR) is 76.3 cm³/mol. The first-order valence-electron chi connectivity index (χ1n) is 6.39. The molecule has 2 aromatic rings. The minimum absolute atomic E-state index is 0.0939. The summed E-state index contributed by atoms with van der Waals surface area (Å²) >= 11 is 1.68. The minimum Gasteiger partial charge on any atom is -0.493 e. The van der Waals surface area contributed by atoms with Gasteiger partial charge in [-0.05, 0) is 24.1 Å². The molecule has 1 aliphatic rings. The van der Waals surface area contributed by atoms with Crippen LogP contribution in [0.2, 0.25) is 0 Å². The Morgan fingerprint density at radius 1 is 1.53 bits per heavy atom. The number of nitrogens with one attached hydrogen (secondary N) is 1. The van der Waals surface area contributed by atoms with Crippen LogP contribution in [-0.2, 0) is 12.8 Å². The van der Waals surface area contributed by atoms with Crippen molar-refractivity contribution in [3.05, 3.63) is 45.4 Å². The number of ether oxygens (including phenoxy) is 1. The zero-order valence-electron chi connectivity index (χ0n) is 10.8. The smallest absolute Gasteiger partial charge is 0.122 e. The van der Waals surface area contributed by atoms with E-state index in [0.717, 1.165) is 35.9 Å². The van der Waals surface area contributed by atoms with Crippen molar-refractivity contribution in [3.63, 3.8) is 0 Å². The summed E-state index contributed by atoms with van der Waals surface area (Å²) in [4.78, 5) is 4.49. The third-order valence-electron chi connectivity index (χ3n) is 3.36. The van der Waals surface area contributed by atoms with Crippen LogP contribution in [0.3, 0.4) is 0 Å². The van der Waals surface area contributed by atoms with Crippen LogP contribution in [0.4, 0.5) is 0 Å². The number of hydrazine groups is 1. The van der Waals surface area contributed by atoms with Crippen LogP contribution < -0.4 is 16.0 Å². The zero-order valence-corrected chi connectivity index (χ0v) is 11.7. The van der Waals surface area contributed by atoms with Crippen molar-refractivity contribution >= 4 is 11.3 Å². The first-order chi connectivity index (χ1) is 9.26. The summed E-state index contributed by atoms with van der Waals surface area (Å²) in [6, 6.07) is 6.40. The third kappa shape index (κ3) is 2.63. The Hall–Kier alpha value is -1.43. The molecule has 3 rings (SSSR count). The van der Waals surface area contributed by atoms with Crippen LogP contribution in [0.1, 0.15) is 27.9 Å². The summed E-state index contributed by atoms with van der Waals surface area (Å²) in [6.45, 7) is 2.79. The SMILES string of the molecule is Cc1csc(CC(NN)c2ccc3c(c2)CCO3)n1. The molecular weight excluding hydrogens is 258 g/mol. The highest BCUT2D eigenvalue weighted by molar-refractivity contribution is 7.09. The van der Waals surface area contributed by atoms with E-state index in [2.05, 4.69) is 27.9 Å². The van der Waals surface area contributed by atoms with E-state index in [4.69, 9.17) is 10.6 Å². The van der Waals surface area contributed by atoms with Gasteiger partial charge in [-0.15, -0.1) is 11.3 Å². The number of hydrogen-bond donors (Lipinski definition) is 2. The Balaban J connectivity index is 1.82. The highest BCUT2D eigenvalue weighted by Gasteiger charge is 2.17. The molecule has 3 N–H and O–H groups in total. The van der Waals surface area contributed by atoms with Gasteiger partial charge in [0.25, 0.3) is 0 Å². The van der Waals surface area contributed by atoms with Crippen molar-refractivity contribution in [2.75, 3.05) is 6.61 Å². The van der Waals surface area contributed by atoms with Gasteiger partial charge in [0.05, 0.1) is 17.7 Å². The van der Waals surface area contributed by atoms with Gasteiger partial charge in [-0.3, -0.25) is 11.3 Å². The van der Waals surface area contributed by atoms with Crippen molar-refractivity contribution in [2.24, 2.45) is 5.84 Å². The Bertz CT molecular complexity index is 582. The highest BCUT2D eigenvalue weighted by atomic mass is 32.1. The van der Waals surface area contributed by atoms with Crippen LogP contribution in [0.25, 0.3) is 0 Å². The van der Waals surface area contributed by atoms with E-state index >= 15 is 0 Å². The van der Waals surface area contributed by atoms with E-state index in [9.17, 15) is 0 Å². The summed E-state index contributed by atoms with van der Waals surface area (Å²) in [5.74, 6) is 6.70. The number of thiazole rings is 1. The van der Waals surface area contributed by atoms with Gasteiger partial charge in [0.15, 0.2) is 0 Å². The van der Waals surface area contributed by atoms with Gasteiger partial charge in [0.2, 0.25) is 0 Å². The molecular formula is C14H17N3OS. The number of nitrogens with zero attached hydrogens (tertiary/aromatic N) is 1. The molecule has 0 radical (unpaired) electrons. The zero-order chi connectivity index (χ0) is 13.2. The number of rotatable bonds is 4. The van der Waals surface area contributed by atoms with Crippen LogP contribution >= 0.6 is 11.3 Å². The van der Waals surface area contributed by atoms with Crippen LogP contribution in [0.5, 0.6) is 5.75 Å². The molecule has 1 unspecified atom stereocenters. The standard InChI is InChI=1S/C14H17N3OS/c1-9-8-19-14(16-9)7-12(17-15)10-2-3-13-11(6-10)4-5-18-13/h2-3,6,8,12,17H,4-5,7,15H2,1H3. The molecule has 19 heavy (non-hydrogen) atoms. The minimum atomic E-state index is 0.0939. The quantitative estimate of drug-likeness (QED) is 0.663. The fourth-order valence-electron chi connectivity index (χ4n) is 2.37. The molecule has 0 spiro atoms. The third-order valence-corrected chi connectivity index (χ3v) is 4.35. The second kappa shape index (κ2) is 5.28. The van der Waals surface area contributed by atoms with E-state index in [-0.39, 0.29) is 6.04 Å². The van der Waals surface area contributed by atoms with Crippen molar-refractivity contribution in [1.82, 2.24) is 10.4 Å². The molecule has 0 saturated carbocycles. The Labute approximate surface area is 116 Å². The Kier molecular flexibility index (Phi) is 3.50. The van der Waals surface area contributed by atoms with Gasteiger partial charge in [-0.25, -0.2) is 4.98 Å². The van der Waals surface area contributed by atoms with Gasteiger partial charge in [-0.1, -0.05) is 12.1 Å². The lowest BCUT2D eigenvalue weighted by atomic mass is 10.0. The lowest BCUT2D eigenvalue weighted by molar-refractivity contribution is 0.356. The molecule has 1 atom stereocenters. The molecule has 100 valence electrons. The van der Waals surface area contributed by atoms with Crippen molar-refractivity contribution in [1.29, 1.82) is 0 Å². The molecule has 0 aliphatic carbocycles. The van der Waals surface area contributed by atoms with E-state index in [1.165, 1.54) is 11.1 Å². The molecule has 4 nitrogen and oxygen atoms in total. The summed E-state index contributed by atoms with van der Waals surface area (Å²) < 4.78 is 5.53. The monoisotopic (exact) mass is 275 g/mol. The van der Waals surface area contributed by atoms with Gasteiger partial charge in [0, 0.05) is 23.9 Å². The number of fused-ring (bicyclic) bond motifs is 1. The van der Waals surface area contributed by atoms with Gasteiger partial charge in [-0.2, -0.15) is 0 Å². The number of aryl methyl sites for hydroxylation is 1. The number of hydrogen-bond acceptors (Lipinski definition) is 5. The lowest BCUT2D eigenvalue weighted by Gasteiger charge is -2.15. The lowest BCUT2D eigenvalue weighted by Crippen LogP contribution is -2.29. The summed E-state index contributed by atoms with van der Waals surface area (Å²) in [5, 5.41) is 3.18. The van der Waals surface area contributed by atoms with Crippen molar-refractivity contribution in [3.8, 4) is 5.75 Å². The fraction of sp³-hybridized carbons (Fsp3) is 0.357. The topological polar surface area (TPSA) is 60.2 Å². The summed E-state index contributed by atoms with van der Waals surface area (Å²) in [6.07, 6.45) is 1.80. The highest BCUT2D eigenvalue weighted by Crippen LogP contribution is 2.29. The maximum Gasteiger partial charge on any atom is 0.122 e. The molecule has 1 aromatic carbocycles. The van der Waals surface area contributed by atoms with E-state index in [1.54, 1.807) is 11.3 Å². The number of benzene rings is 1. The molecule has 0 fully saturated rings. The van der Waals surface area contributed by atoms with Crippen molar-refractivity contribution < 1.29 is 4.74 Å². The second-order valence-electron chi connectivity index (χ2n) is 4.77.